The van der Waals surface area contributed by atoms with Crippen molar-refractivity contribution >= 4 is 11.6 Å². The second-order valence-electron chi connectivity index (χ2n) is 5.39. The normalized spacial score (nSPS) is 10.5. The van der Waals surface area contributed by atoms with Crippen LogP contribution in [0.25, 0.3) is 0 Å². The van der Waals surface area contributed by atoms with Gasteiger partial charge < -0.3 is 10.6 Å². The molecule has 21 heavy (non-hydrogen) atoms. The van der Waals surface area contributed by atoms with Crippen LogP contribution in [0.15, 0.2) is 42.6 Å². The number of aryl methyl sites for hydroxylation is 1. The molecule has 0 aliphatic heterocycles. The number of pyridine rings is 1. The average molecular weight is 283 g/mol. The Balaban J connectivity index is 2.00. The third-order valence-corrected chi connectivity index (χ3v) is 2.99. The molecule has 0 saturated carbocycles. The van der Waals surface area contributed by atoms with Gasteiger partial charge in [0.25, 0.3) is 5.91 Å². The molecule has 2 aromatic rings. The predicted molar refractivity (Wildman–Crippen MR) is 85.3 cm³/mol. The lowest BCUT2D eigenvalue weighted by atomic mass is 10.1. The average Bonchev–Trinajstić information content (AvgIpc) is 2.46. The van der Waals surface area contributed by atoms with E-state index in [0.717, 1.165) is 16.9 Å². The molecule has 1 aromatic heterocycles. The van der Waals surface area contributed by atoms with Crippen molar-refractivity contribution in [3.05, 3.63) is 59.4 Å². The van der Waals surface area contributed by atoms with Gasteiger partial charge in [0.1, 0.15) is 0 Å². The molecule has 0 atom stereocenters. The minimum absolute atomic E-state index is 0.0536. The van der Waals surface area contributed by atoms with Crippen LogP contribution in [0.3, 0.4) is 0 Å². The first-order valence-electron chi connectivity index (χ1n) is 7.11. The summed E-state index contributed by atoms with van der Waals surface area (Å²) in [5.41, 5.74) is 3.68. The molecule has 1 aromatic carbocycles. The van der Waals surface area contributed by atoms with Gasteiger partial charge >= 0.3 is 0 Å². The van der Waals surface area contributed by atoms with Crippen molar-refractivity contribution in [2.45, 2.75) is 33.4 Å². The van der Waals surface area contributed by atoms with E-state index >= 15 is 0 Å². The van der Waals surface area contributed by atoms with E-state index in [1.165, 1.54) is 0 Å². The van der Waals surface area contributed by atoms with Gasteiger partial charge in [0.05, 0.1) is 12.2 Å². The lowest BCUT2D eigenvalue weighted by Gasteiger charge is -2.10. The number of hydrogen-bond donors (Lipinski definition) is 2. The number of rotatable bonds is 5. The Hall–Kier alpha value is -2.36. The number of aromatic nitrogens is 1. The molecule has 0 spiro atoms. The Morgan fingerprint density at radius 3 is 2.71 bits per heavy atom. The Bertz CT molecular complexity index is 606. The van der Waals surface area contributed by atoms with Gasteiger partial charge in [-0.05, 0) is 50.6 Å². The molecule has 0 bridgehead atoms. The van der Waals surface area contributed by atoms with Gasteiger partial charge in [-0.15, -0.1) is 0 Å². The van der Waals surface area contributed by atoms with Gasteiger partial charge in [-0.25, -0.2) is 0 Å². The summed E-state index contributed by atoms with van der Waals surface area (Å²) in [6.07, 6.45) is 1.85. The number of hydrogen-bond acceptors (Lipinski definition) is 3. The molecule has 110 valence electrons. The van der Waals surface area contributed by atoms with E-state index in [0.29, 0.717) is 12.1 Å². The first-order chi connectivity index (χ1) is 10.0. The van der Waals surface area contributed by atoms with E-state index in [9.17, 15) is 4.79 Å². The lowest BCUT2D eigenvalue weighted by molar-refractivity contribution is 0.0943. The van der Waals surface area contributed by atoms with Crippen LogP contribution in [-0.2, 0) is 6.54 Å². The standard InChI is InChI=1S/C17H21N3O/c1-12(2)20-17(21)14-5-4-6-15(9-14)19-11-16-8-7-13(3)10-18-16/h4-10,12,19H,11H2,1-3H3,(H,20,21). The van der Waals surface area contributed by atoms with Crippen LogP contribution < -0.4 is 10.6 Å². The number of amides is 1. The largest absolute Gasteiger partial charge is 0.379 e. The second kappa shape index (κ2) is 6.88. The van der Waals surface area contributed by atoms with E-state index in [1.54, 1.807) is 0 Å². The van der Waals surface area contributed by atoms with E-state index in [1.807, 2.05) is 63.4 Å². The molecule has 4 heteroatoms. The van der Waals surface area contributed by atoms with Gasteiger partial charge in [-0.1, -0.05) is 12.1 Å². The lowest BCUT2D eigenvalue weighted by Crippen LogP contribution is -2.30. The summed E-state index contributed by atoms with van der Waals surface area (Å²) in [6, 6.07) is 11.7. The highest BCUT2D eigenvalue weighted by Gasteiger charge is 2.07. The number of nitrogens with one attached hydrogen (secondary N) is 2. The van der Waals surface area contributed by atoms with Crippen LogP contribution in [0.4, 0.5) is 5.69 Å². The monoisotopic (exact) mass is 283 g/mol. The van der Waals surface area contributed by atoms with Crippen molar-refractivity contribution in [2.24, 2.45) is 0 Å². The van der Waals surface area contributed by atoms with Gasteiger partial charge in [-0.2, -0.15) is 0 Å². The number of anilines is 1. The van der Waals surface area contributed by atoms with Gasteiger partial charge in [0, 0.05) is 23.5 Å². The predicted octanol–water partition coefficient (Wildman–Crippen LogP) is 3.14. The van der Waals surface area contributed by atoms with Crippen LogP contribution in [0.1, 0.15) is 35.5 Å². The van der Waals surface area contributed by atoms with Crippen LogP contribution >= 0.6 is 0 Å². The molecule has 0 aliphatic rings. The summed E-state index contributed by atoms with van der Waals surface area (Å²) < 4.78 is 0. The summed E-state index contributed by atoms with van der Waals surface area (Å²) in [5.74, 6) is -0.0536. The Morgan fingerprint density at radius 1 is 1.24 bits per heavy atom. The second-order valence-corrected chi connectivity index (χ2v) is 5.39. The minimum Gasteiger partial charge on any atom is -0.379 e. The molecule has 2 rings (SSSR count). The quantitative estimate of drug-likeness (QED) is 0.886. The maximum Gasteiger partial charge on any atom is 0.251 e. The Kier molecular flexibility index (Phi) is 4.93. The summed E-state index contributed by atoms with van der Waals surface area (Å²) in [5, 5.41) is 6.17. The maximum atomic E-state index is 12.0. The minimum atomic E-state index is -0.0536. The van der Waals surface area contributed by atoms with Gasteiger partial charge in [0.2, 0.25) is 0 Å². The molecular weight excluding hydrogens is 262 g/mol. The third kappa shape index (κ3) is 4.60. The zero-order chi connectivity index (χ0) is 15.2. The van der Waals surface area contributed by atoms with Crippen molar-refractivity contribution in [1.29, 1.82) is 0 Å². The zero-order valence-electron chi connectivity index (χ0n) is 12.7. The highest BCUT2D eigenvalue weighted by molar-refractivity contribution is 5.95. The Labute approximate surface area is 125 Å². The molecule has 0 unspecified atom stereocenters. The zero-order valence-corrected chi connectivity index (χ0v) is 12.7. The van der Waals surface area contributed by atoms with Crippen LogP contribution in [0.2, 0.25) is 0 Å². The fourth-order valence-corrected chi connectivity index (χ4v) is 1.91. The van der Waals surface area contributed by atoms with Crippen molar-refractivity contribution in [3.63, 3.8) is 0 Å². The molecule has 2 N–H and O–H groups in total. The summed E-state index contributed by atoms with van der Waals surface area (Å²) >= 11 is 0. The molecule has 0 aliphatic carbocycles. The van der Waals surface area contributed by atoms with E-state index in [4.69, 9.17) is 0 Å². The highest BCUT2D eigenvalue weighted by atomic mass is 16.1. The molecule has 0 radical (unpaired) electrons. The summed E-state index contributed by atoms with van der Waals surface area (Å²) in [6.45, 7) is 6.54. The van der Waals surface area contributed by atoms with Gasteiger partial charge in [-0.3, -0.25) is 9.78 Å². The molecule has 1 amide bonds. The van der Waals surface area contributed by atoms with E-state index in [2.05, 4.69) is 15.6 Å². The van der Waals surface area contributed by atoms with Crippen LogP contribution in [0.5, 0.6) is 0 Å². The van der Waals surface area contributed by atoms with Crippen LogP contribution in [0, 0.1) is 6.92 Å². The molecule has 0 fully saturated rings. The smallest absolute Gasteiger partial charge is 0.251 e. The summed E-state index contributed by atoms with van der Waals surface area (Å²) in [7, 11) is 0. The summed E-state index contributed by atoms with van der Waals surface area (Å²) in [4.78, 5) is 16.3. The van der Waals surface area contributed by atoms with Crippen molar-refractivity contribution in [2.75, 3.05) is 5.32 Å². The first kappa shape index (κ1) is 15.0. The van der Waals surface area contributed by atoms with Crippen LogP contribution in [-0.4, -0.2) is 16.9 Å². The van der Waals surface area contributed by atoms with E-state index in [-0.39, 0.29) is 11.9 Å². The number of carbonyl (C=O) groups is 1. The fraction of sp³-hybridized carbons (Fsp3) is 0.294. The van der Waals surface area contributed by atoms with Gasteiger partial charge in [0.15, 0.2) is 0 Å². The van der Waals surface area contributed by atoms with E-state index < -0.39 is 0 Å². The maximum absolute atomic E-state index is 12.0. The van der Waals surface area contributed by atoms with Crippen molar-refractivity contribution < 1.29 is 4.79 Å². The molecule has 1 heterocycles. The molecular formula is C17H21N3O. The number of benzene rings is 1. The number of carbonyl (C=O) groups excluding carboxylic acids is 1. The third-order valence-electron chi connectivity index (χ3n) is 2.99. The topological polar surface area (TPSA) is 54.0 Å². The Morgan fingerprint density at radius 2 is 2.05 bits per heavy atom. The number of nitrogens with zero attached hydrogens (tertiary/aromatic N) is 1. The highest BCUT2D eigenvalue weighted by Crippen LogP contribution is 2.12. The van der Waals surface area contributed by atoms with Crippen molar-refractivity contribution in [3.8, 4) is 0 Å². The van der Waals surface area contributed by atoms with Crippen molar-refractivity contribution in [1.82, 2.24) is 10.3 Å². The first-order valence-corrected chi connectivity index (χ1v) is 7.11. The SMILES string of the molecule is Cc1ccc(CNc2cccc(C(=O)NC(C)C)c2)nc1. The molecule has 0 saturated heterocycles. The molecule has 4 nitrogen and oxygen atoms in total. The fourth-order valence-electron chi connectivity index (χ4n) is 1.91.